The molecule has 0 unspecified atom stereocenters. The molecule has 0 fully saturated rings. The number of H-pyrrole nitrogens is 1. The Morgan fingerprint density at radius 3 is 1.85 bits per heavy atom. The highest BCUT2D eigenvalue weighted by Crippen LogP contribution is 2.20. The van der Waals surface area contributed by atoms with Crippen LogP contribution in [0.15, 0.2) is 91.1 Å². The molecule has 16 nitrogen and oxygen atoms in total. The van der Waals surface area contributed by atoms with Crippen LogP contribution in [0.1, 0.15) is 49.8 Å². The quantitative estimate of drug-likeness (QED) is 0.0507. The van der Waals surface area contributed by atoms with Gasteiger partial charge < -0.3 is 52.8 Å². The number of para-hydroxylation sites is 1. The Bertz CT molecular complexity index is 2020. The van der Waals surface area contributed by atoms with E-state index >= 15 is 0 Å². The van der Waals surface area contributed by atoms with Crippen molar-refractivity contribution in [3.05, 3.63) is 108 Å². The Labute approximate surface area is 343 Å². The SMILES string of the molecule is C[C@H](O)[C@@H](NC(=O)[C@@H](Cc1ccccc1)N(C)C(=O)[C@@H](C)N)C(=O)N[C@@H](CCCCN)C(=O)N[C@H](Cc1c[nH]c2ccccc12)C(=O)N[C@H](Cc1ccccc1)C(=O)O. The summed E-state index contributed by atoms with van der Waals surface area (Å²) >= 11 is 0. The van der Waals surface area contributed by atoms with Crippen molar-refractivity contribution in [3.63, 3.8) is 0 Å². The summed E-state index contributed by atoms with van der Waals surface area (Å²) in [6.45, 7) is 3.09. The van der Waals surface area contributed by atoms with Gasteiger partial charge in [-0.2, -0.15) is 0 Å². The summed E-state index contributed by atoms with van der Waals surface area (Å²) in [6, 6.07) is 17.6. The van der Waals surface area contributed by atoms with Gasteiger partial charge in [-0.25, -0.2) is 4.79 Å². The molecule has 4 rings (SSSR count). The molecule has 3 aromatic carbocycles. The van der Waals surface area contributed by atoms with Crippen LogP contribution in [0.25, 0.3) is 10.9 Å². The van der Waals surface area contributed by atoms with Gasteiger partial charge in [0.25, 0.3) is 0 Å². The van der Waals surface area contributed by atoms with Gasteiger partial charge in [0.2, 0.25) is 29.5 Å². The lowest BCUT2D eigenvalue weighted by molar-refractivity contribution is -0.142. The third kappa shape index (κ3) is 13.2. The number of aliphatic hydroxyl groups excluding tert-OH is 1. The zero-order valence-corrected chi connectivity index (χ0v) is 33.6. The molecule has 0 aliphatic heterocycles. The predicted octanol–water partition coefficient (Wildman–Crippen LogP) is 0.904. The molecule has 7 atom stereocenters. The lowest BCUT2D eigenvalue weighted by atomic mass is 10.0. The molecule has 0 aliphatic rings. The molecule has 0 radical (unpaired) electrons. The molecule has 0 saturated heterocycles. The van der Waals surface area contributed by atoms with Crippen molar-refractivity contribution in [2.45, 2.75) is 94.7 Å². The van der Waals surface area contributed by atoms with E-state index in [2.05, 4.69) is 26.3 Å². The van der Waals surface area contributed by atoms with Crippen LogP contribution in [-0.4, -0.2) is 112 Å². The second kappa shape index (κ2) is 22.2. The first kappa shape index (κ1) is 45.6. The van der Waals surface area contributed by atoms with Gasteiger partial charge in [0, 0.05) is 43.4 Å². The first-order valence-corrected chi connectivity index (χ1v) is 19.7. The first-order chi connectivity index (χ1) is 28.2. The predicted molar refractivity (Wildman–Crippen MR) is 222 cm³/mol. The Balaban J connectivity index is 1.59. The van der Waals surface area contributed by atoms with E-state index in [9.17, 15) is 39.0 Å². The number of rotatable bonds is 22. The molecule has 11 N–H and O–H groups in total. The summed E-state index contributed by atoms with van der Waals surface area (Å²) in [4.78, 5) is 85.6. The maximum atomic E-state index is 14.2. The van der Waals surface area contributed by atoms with Crippen LogP contribution in [0, 0.1) is 0 Å². The number of benzene rings is 3. The van der Waals surface area contributed by atoms with Crippen molar-refractivity contribution in [1.82, 2.24) is 31.2 Å². The van der Waals surface area contributed by atoms with Gasteiger partial charge >= 0.3 is 5.97 Å². The molecule has 1 heterocycles. The number of likely N-dealkylation sites (N-methyl/N-ethyl adjacent to an activating group) is 1. The molecule has 0 spiro atoms. The van der Waals surface area contributed by atoms with E-state index in [-0.39, 0.29) is 25.7 Å². The Morgan fingerprint density at radius 2 is 1.25 bits per heavy atom. The van der Waals surface area contributed by atoms with Crippen LogP contribution in [0.4, 0.5) is 0 Å². The number of aromatic amines is 1. The zero-order chi connectivity index (χ0) is 43.1. The molecule has 16 heteroatoms. The number of aliphatic carboxylic acids is 1. The van der Waals surface area contributed by atoms with Crippen molar-refractivity contribution in [2.75, 3.05) is 13.6 Å². The minimum atomic E-state index is -1.57. The standard InChI is InChI=1S/C43H56N8O8/c1-26(45)42(57)51(3)36(23-29-16-8-5-9-17-29)40(55)50-37(27(2)52)41(56)47-33(20-12-13-21-44)38(53)48-34(24-30-25-46-32-19-11-10-18-31(30)32)39(54)49-35(43(58)59)22-28-14-6-4-7-15-28/h4-11,14-19,25-27,33-37,46,52H,12-13,20-24,44-45H2,1-3H3,(H,47,56)(H,48,53)(H,49,54)(H,50,55)(H,58,59)/t26-,27+,33+,34-,35-,36-,37-/m1/s1. The van der Waals surface area contributed by atoms with E-state index in [1.807, 2.05) is 24.3 Å². The number of carboxylic acids is 1. The molecule has 59 heavy (non-hydrogen) atoms. The Kier molecular flexibility index (Phi) is 17.1. The summed E-state index contributed by atoms with van der Waals surface area (Å²) in [6.07, 6.45) is 1.25. The van der Waals surface area contributed by atoms with Crippen LogP contribution in [0.3, 0.4) is 0 Å². The molecule has 0 bridgehead atoms. The summed E-state index contributed by atoms with van der Waals surface area (Å²) in [5, 5.41) is 32.2. The number of nitrogens with two attached hydrogens (primary N) is 2. The summed E-state index contributed by atoms with van der Waals surface area (Å²) < 4.78 is 0. The number of aromatic nitrogens is 1. The van der Waals surface area contributed by atoms with E-state index in [4.69, 9.17) is 11.5 Å². The minimum absolute atomic E-state index is 0.0126. The maximum Gasteiger partial charge on any atom is 0.326 e. The van der Waals surface area contributed by atoms with Gasteiger partial charge in [-0.3, -0.25) is 24.0 Å². The van der Waals surface area contributed by atoms with E-state index in [1.165, 1.54) is 25.8 Å². The minimum Gasteiger partial charge on any atom is -0.480 e. The maximum absolute atomic E-state index is 14.2. The number of aliphatic hydroxyl groups is 1. The number of nitrogens with zero attached hydrogens (tertiary/aromatic N) is 1. The van der Waals surface area contributed by atoms with Crippen molar-refractivity contribution >= 4 is 46.4 Å². The lowest BCUT2D eigenvalue weighted by Gasteiger charge is -2.31. The second-order valence-electron chi connectivity index (χ2n) is 14.7. The van der Waals surface area contributed by atoms with Crippen molar-refractivity contribution in [1.29, 1.82) is 0 Å². The van der Waals surface area contributed by atoms with Crippen molar-refractivity contribution in [3.8, 4) is 0 Å². The topological polar surface area (TPSA) is 262 Å². The number of hydrogen-bond donors (Lipinski definition) is 9. The molecule has 316 valence electrons. The van der Waals surface area contributed by atoms with E-state index in [0.29, 0.717) is 30.5 Å². The molecular weight excluding hydrogens is 757 g/mol. The Morgan fingerprint density at radius 1 is 0.695 bits per heavy atom. The lowest BCUT2D eigenvalue weighted by Crippen LogP contribution is -2.61. The van der Waals surface area contributed by atoms with E-state index in [1.54, 1.807) is 66.9 Å². The highest BCUT2D eigenvalue weighted by atomic mass is 16.4. The Hall–Kier alpha value is -6.10. The second-order valence-corrected chi connectivity index (χ2v) is 14.7. The largest absolute Gasteiger partial charge is 0.480 e. The number of carbonyl (C=O) groups excluding carboxylic acids is 5. The molecule has 5 amide bonds. The number of carboxylic acid groups (broad SMARTS) is 1. The van der Waals surface area contributed by atoms with Gasteiger partial charge in [-0.15, -0.1) is 0 Å². The number of fused-ring (bicyclic) bond motifs is 1. The molecule has 0 saturated carbocycles. The normalized spacial score (nSPS) is 14.7. The van der Waals surface area contributed by atoms with Gasteiger partial charge in [0.1, 0.15) is 30.2 Å². The number of unbranched alkanes of at least 4 members (excludes halogenated alkanes) is 1. The summed E-state index contributed by atoms with van der Waals surface area (Å²) in [7, 11) is 1.43. The van der Waals surface area contributed by atoms with Crippen molar-refractivity contribution in [2.24, 2.45) is 11.5 Å². The monoisotopic (exact) mass is 812 g/mol. The third-order valence-corrected chi connectivity index (χ3v) is 10.1. The highest BCUT2D eigenvalue weighted by Gasteiger charge is 2.36. The highest BCUT2D eigenvalue weighted by molar-refractivity contribution is 5.97. The van der Waals surface area contributed by atoms with E-state index < -0.39 is 77.9 Å². The average Bonchev–Trinajstić information content (AvgIpc) is 3.63. The molecular formula is C43H56N8O8. The van der Waals surface area contributed by atoms with Crippen LogP contribution >= 0.6 is 0 Å². The fraction of sp³-hybridized carbons (Fsp3) is 0.395. The van der Waals surface area contributed by atoms with Gasteiger partial charge in [-0.1, -0.05) is 78.9 Å². The first-order valence-electron chi connectivity index (χ1n) is 19.7. The van der Waals surface area contributed by atoms with Crippen molar-refractivity contribution < 1.29 is 39.0 Å². The summed E-state index contributed by atoms with van der Waals surface area (Å²) in [5.41, 5.74) is 14.5. The van der Waals surface area contributed by atoms with E-state index in [0.717, 1.165) is 16.5 Å². The smallest absolute Gasteiger partial charge is 0.326 e. The van der Waals surface area contributed by atoms with Crippen LogP contribution < -0.4 is 32.7 Å². The number of amides is 5. The molecule has 4 aromatic rings. The number of nitrogens with one attached hydrogen (secondary N) is 5. The van der Waals surface area contributed by atoms with Gasteiger partial charge in [0.05, 0.1) is 12.1 Å². The zero-order valence-electron chi connectivity index (χ0n) is 33.6. The third-order valence-electron chi connectivity index (χ3n) is 10.1. The molecule has 0 aliphatic carbocycles. The number of carbonyl (C=O) groups is 6. The molecule has 1 aromatic heterocycles. The van der Waals surface area contributed by atoms with Gasteiger partial charge in [-0.05, 0) is 62.4 Å². The average molecular weight is 813 g/mol. The fourth-order valence-electron chi connectivity index (χ4n) is 6.72. The summed E-state index contributed by atoms with van der Waals surface area (Å²) in [5.74, 6) is -4.94. The van der Waals surface area contributed by atoms with Crippen LogP contribution in [-0.2, 0) is 48.0 Å². The van der Waals surface area contributed by atoms with Crippen LogP contribution in [0.5, 0.6) is 0 Å². The van der Waals surface area contributed by atoms with Gasteiger partial charge in [0.15, 0.2) is 0 Å². The van der Waals surface area contributed by atoms with Crippen LogP contribution in [0.2, 0.25) is 0 Å². The number of hydrogen-bond acceptors (Lipinski definition) is 9. The fourth-order valence-corrected chi connectivity index (χ4v) is 6.72.